The number of rotatable bonds is 7. The van der Waals surface area contributed by atoms with Crippen molar-refractivity contribution in [2.24, 2.45) is 5.92 Å². The van der Waals surface area contributed by atoms with E-state index in [9.17, 15) is 29.7 Å². The van der Waals surface area contributed by atoms with E-state index < -0.39 is 36.7 Å². The molecule has 0 fully saturated rings. The van der Waals surface area contributed by atoms with Gasteiger partial charge in [-0.3, -0.25) is 0 Å². The Morgan fingerprint density at radius 2 is 1.06 bits per heavy atom. The molecule has 0 aromatic rings. The molecule has 9 heteroatoms. The van der Waals surface area contributed by atoms with Gasteiger partial charge in [-0.15, -0.1) is 0 Å². The van der Waals surface area contributed by atoms with Crippen LogP contribution < -0.4 is 104 Å². The molecule has 0 radical (unpaired) electrons. The van der Waals surface area contributed by atoms with Crippen LogP contribution in [0.25, 0.3) is 0 Å². The minimum atomic E-state index is -1.45. The van der Waals surface area contributed by atoms with Gasteiger partial charge in [-0.1, -0.05) is 0 Å². The Bertz CT molecular complexity index is 227. The molecule has 0 saturated heterocycles. The van der Waals surface area contributed by atoms with Gasteiger partial charge in [-0.2, -0.15) is 0 Å². The van der Waals surface area contributed by atoms with Gasteiger partial charge in [0.1, 0.15) is 0 Å². The number of aliphatic carboxylic acids is 3. The molecule has 0 aliphatic heterocycles. The van der Waals surface area contributed by atoms with Crippen LogP contribution >= 0.6 is 0 Å². The molecule has 17 heavy (non-hydrogen) atoms. The molecule has 0 spiro atoms. The van der Waals surface area contributed by atoms with Gasteiger partial charge in [0, 0.05) is 17.9 Å². The van der Waals surface area contributed by atoms with Crippen LogP contribution in [0.3, 0.4) is 0 Å². The second-order valence-corrected chi connectivity index (χ2v) is 2.84. The van der Waals surface area contributed by atoms with Crippen molar-refractivity contribution in [2.45, 2.75) is 25.7 Å². The number of carboxylic acids is 3. The van der Waals surface area contributed by atoms with Crippen LogP contribution in [0.5, 0.6) is 0 Å². The zero-order valence-electron chi connectivity index (χ0n) is 10.4. The van der Waals surface area contributed by atoms with Crippen molar-refractivity contribution < 1.29 is 118 Å². The maximum atomic E-state index is 10.4. The first-order valence-corrected chi connectivity index (χ1v) is 4.04. The zero-order chi connectivity index (χ0) is 11.1. The van der Waals surface area contributed by atoms with Gasteiger partial charge in [0.2, 0.25) is 0 Å². The third-order valence-corrected chi connectivity index (χ3v) is 1.73. The normalized spacial score (nSPS) is 8.29. The zero-order valence-corrected chi connectivity index (χ0v) is 16.4. The van der Waals surface area contributed by atoms with Crippen molar-refractivity contribution in [3.63, 3.8) is 0 Å². The Morgan fingerprint density at radius 3 is 1.24 bits per heavy atom. The van der Waals surface area contributed by atoms with Crippen molar-refractivity contribution in [2.75, 3.05) is 0 Å². The molecule has 6 nitrogen and oxygen atoms in total. The van der Waals surface area contributed by atoms with E-state index in [2.05, 4.69) is 0 Å². The van der Waals surface area contributed by atoms with Crippen LogP contribution in [-0.2, 0) is 14.4 Å². The van der Waals surface area contributed by atoms with Crippen LogP contribution in [0.2, 0.25) is 0 Å². The molecule has 0 saturated carbocycles. The number of carbonyl (C=O) groups excluding carboxylic acids is 3. The number of carbonyl (C=O) groups is 3. The summed E-state index contributed by atoms with van der Waals surface area (Å²) in [7, 11) is 0. The van der Waals surface area contributed by atoms with Gasteiger partial charge in [0.25, 0.3) is 0 Å². The van der Waals surface area contributed by atoms with Gasteiger partial charge in [-0.25, -0.2) is 0 Å². The Kier molecular flexibility index (Phi) is 24.5. The molecule has 0 amide bonds. The fraction of sp³-hybridized carbons (Fsp3) is 0.625. The van der Waals surface area contributed by atoms with Gasteiger partial charge in [-0.05, 0) is 31.6 Å². The smallest absolute Gasteiger partial charge is 0.550 e. The molecule has 0 atom stereocenters. The van der Waals surface area contributed by atoms with Crippen LogP contribution in [0.4, 0.5) is 0 Å². The third-order valence-electron chi connectivity index (χ3n) is 1.73. The summed E-state index contributed by atoms with van der Waals surface area (Å²) in [5, 5.41) is 30.4. The van der Waals surface area contributed by atoms with Crippen LogP contribution in [0, 0.1) is 5.92 Å². The Hall–Kier alpha value is 1.41. The van der Waals surface area contributed by atoms with Crippen molar-refractivity contribution in [1.82, 2.24) is 0 Å². The molecule has 0 aliphatic carbocycles. The minimum Gasteiger partial charge on any atom is -0.550 e. The van der Waals surface area contributed by atoms with E-state index in [1.807, 2.05) is 0 Å². The quantitative estimate of drug-likeness (QED) is 0.423. The third kappa shape index (κ3) is 17.4. The largest absolute Gasteiger partial charge is 1.00 e. The molecule has 0 unspecified atom stereocenters. The van der Waals surface area contributed by atoms with Gasteiger partial charge < -0.3 is 29.7 Å². The predicted molar refractivity (Wildman–Crippen MR) is 37.0 cm³/mol. The Balaban J connectivity index is -0.000000282. The molecule has 0 aromatic heterocycles. The van der Waals surface area contributed by atoms with E-state index in [1.165, 1.54) is 0 Å². The van der Waals surface area contributed by atoms with Crippen molar-refractivity contribution in [3.05, 3.63) is 0 Å². The second kappa shape index (κ2) is 15.5. The van der Waals surface area contributed by atoms with E-state index in [0.717, 1.165) is 0 Å². The van der Waals surface area contributed by atoms with E-state index in [-0.39, 0.29) is 102 Å². The van der Waals surface area contributed by atoms with Crippen molar-refractivity contribution in [3.8, 4) is 0 Å². The number of hydrogen-bond acceptors (Lipinski definition) is 6. The number of carboxylic acid groups (broad SMARTS) is 3. The van der Waals surface area contributed by atoms with E-state index in [0.29, 0.717) is 0 Å². The molecule has 0 aliphatic rings. The molecular weight excluding hydrogens is 261 g/mol. The fourth-order valence-electron chi connectivity index (χ4n) is 0.964. The Labute approximate surface area is 165 Å². The maximum absolute atomic E-state index is 10.4. The topological polar surface area (TPSA) is 120 Å². The summed E-state index contributed by atoms with van der Waals surface area (Å²) in [6.45, 7) is 0. The minimum absolute atomic E-state index is 0. The first-order chi connectivity index (χ1) is 6.43. The first-order valence-electron chi connectivity index (χ1n) is 4.04. The average molecular weight is 270 g/mol. The summed E-state index contributed by atoms with van der Waals surface area (Å²) < 4.78 is 0. The number of hydrogen-bond donors (Lipinski definition) is 0. The molecule has 0 aromatic carbocycles. The standard InChI is InChI=1S/C8H12O6.3Na/c9-6(10)3-1-5(8(13)14)2-4-7(11)12;;;/h5H,1-4H2,(H,9,10)(H,11,12)(H,13,14);;;/q;3*+1/p-3. The van der Waals surface area contributed by atoms with Gasteiger partial charge in [0.05, 0.1) is 0 Å². The molecular formula is C8H9Na3O6. The Morgan fingerprint density at radius 1 is 0.765 bits per heavy atom. The average Bonchev–Trinajstić information content (AvgIpc) is 2.02. The van der Waals surface area contributed by atoms with Crippen LogP contribution in [0.1, 0.15) is 25.7 Å². The maximum Gasteiger partial charge on any atom is 1.00 e. The molecule has 0 rings (SSSR count). The molecule has 80 valence electrons. The van der Waals surface area contributed by atoms with Crippen molar-refractivity contribution in [1.29, 1.82) is 0 Å². The predicted octanol–water partition coefficient (Wildman–Crippen LogP) is -12.6. The van der Waals surface area contributed by atoms with Gasteiger partial charge >= 0.3 is 88.7 Å². The van der Waals surface area contributed by atoms with Crippen molar-refractivity contribution >= 4 is 17.9 Å². The summed E-state index contributed by atoms with van der Waals surface area (Å²) in [5.41, 5.74) is 0. The SMILES string of the molecule is O=C([O-])CCC(CCC(=O)[O-])C(=O)[O-].[Na+].[Na+].[Na+]. The summed E-state index contributed by atoms with van der Waals surface area (Å²) in [6.07, 6.45) is -1.21. The van der Waals surface area contributed by atoms with E-state index >= 15 is 0 Å². The molecule has 0 heterocycles. The van der Waals surface area contributed by atoms with Gasteiger partial charge in [0.15, 0.2) is 0 Å². The van der Waals surface area contributed by atoms with E-state index in [1.54, 1.807) is 0 Å². The second-order valence-electron chi connectivity index (χ2n) is 2.84. The fourth-order valence-corrected chi connectivity index (χ4v) is 0.964. The summed E-state index contributed by atoms with van der Waals surface area (Å²) >= 11 is 0. The summed E-state index contributed by atoms with van der Waals surface area (Å²) in [4.78, 5) is 30.4. The monoisotopic (exact) mass is 270 g/mol. The molecule has 0 N–H and O–H groups in total. The first kappa shape index (κ1) is 26.9. The van der Waals surface area contributed by atoms with Crippen LogP contribution in [0.15, 0.2) is 0 Å². The van der Waals surface area contributed by atoms with Crippen LogP contribution in [-0.4, -0.2) is 17.9 Å². The van der Waals surface area contributed by atoms with E-state index in [4.69, 9.17) is 0 Å². The summed E-state index contributed by atoms with van der Waals surface area (Å²) in [6, 6.07) is 0. The molecule has 0 bridgehead atoms. The summed E-state index contributed by atoms with van der Waals surface area (Å²) in [5.74, 6) is -5.27.